The van der Waals surface area contributed by atoms with Gasteiger partial charge >= 0.3 is 0 Å². The molecule has 3 nitrogen and oxygen atoms in total. The van der Waals surface area contributed by atoms with Crippen molar-refractivity contribution in [2.45, 2.75) is 12.8 Å². The second kappa shape index (κ2) is 5.86. The summed E-state index contributed by atoms with van der Waals surface area (Å²) in [5.41, 5.74) is 2.21. The van der Waals surface area contributed by atoms with Crippen molar-refractivity contribution >= 4 is 34.0 Å². The molecule has 1 saturated carbocycles. The molecule has 4 aliphatic rings. The normalized spacial score (nSPS) is 29.9. The smallest absolute Gasteiger partial charge is 0.248 e. The first-order chi connectivity index (χ1) is 12.2. The third kappa shape index (κ3) is 2.66. The van der Waals surface area contributed by atoms with Gasteiger partial charge in [-0.15, -0.1) is 0 Å². The number of amides is 1. The van der Waals surface area contributed by atoms with Gasteiger partial charge in [-0.2, -0.15) is 0 Å². The van der Waals surface area contributed by atoms with E-state index in [1.807, 2.05) is 42.5 Å². The maximum atomic E-state index is 12.7. The average molecular weight is 353 g/mol. The first kappa shape index (κ1) is 15.4. The Morgan fingerprint density at radius 2 is 1.76 bits per heavy atom. The monoisotopic (exact) mass is 352 g/mol. The Morgan fingerprint density at radius 3 is 2.48 bits per heavy atom. The fraction of sp³-hybridized carbons (Fsp3) is 0.381. The zero-order valence-electron chi connectivity index (χ0n) is 14.0. The van der Waals surface area contributed by atoms with Crippen molar-refractivity contribution in [3.05, 3.63) is 53.1 Å². The van der Waals surface area contributed by atoms with Crippen LogP contribution in [-0.4, -0.2) is 30.4 Å². The molecule has 4 fully saturated rings. The summed E-state index contributed by atoms with van der Waals surface area (Å²) in [6.45, 7) is 3.54. The quantitative estimate of drug-likeness (QED) is 0.816. The maximum absolute atomic E-state index is 12.7. The summed E-state index contributed by atoms with van der Waals surface area (Å²) in [5, 5.41) is 5.75. The lowest BCUT2D eigenvalue weighted by Gasteiger charge is -2.53. The highest BCUT2D eigenvalue weighted by Gasteiger charge is 2.44. The van der Waals surface area contributed by atoms with Crippen LogP contribution in [0, 0.1) is 17.8 Å². The summed E-state index contributed by atoms with van der Waals surface area (Å²) in [7, 11) is 0. The predicted octanol–water partition coefficient (Wildman–Crippen LogP) is 4.33. The number of halogens is 1. The van der Waals surface area contributed by atoms with Gasteiger partial charge in [0.15, 0.2) is 0 Å². The SMILES string of the molecule is O=C(C=C1C2CC3CC1CN(C3)C2)Nc1ccc(Cl)c2ccccc12. The summed E-state index contributed by atoms with van der Waals surface area (Å²) in [6, 6.07) is 11.7. The Morgan fingerprint density at radius 1 is 1.04 bits per heavy atom. The molecule has 2 unspecified atom stereocenters. The molecule has 25 heavy (non-hydrogen) atoms. The molecular weight excluding hydrogens is 332 g/mol. The zero-order valence-corrected chi connectivity index (χ0v) is 14.8. The largest absolute Gasteiger partial charge is 0.322 e. The molecule has 2 aromatic rings. The van der Waals surface area contributed by atoms with E-state index in [0.717, 1.165) is 35.5 Å². The van der Waals surface area contributed by atoms with Crippen LogP contribution in [0.5, 0.6) is 0 Å². The van der Waals surface area contributed by atoms with Gasteiger partial charge in [0.1, 0.15) is 0 Å². The van der Waals surface area contributed by atoms with Crippen LogP contribution in [0.2, 0.25) is 5.02 Å². The average Bonchev–Trinajstić information content (AvgIpc) is 2.60. The molecule has 3 aliphatic heterocycles. The van der Waals surface area contributed by atoms with Crippen LogP contribution in [0.4, 0.5) is 5.69 Å². The minimum absolute atomic E-state index is 0.00931. The van der Waals surface area contributed by atoms with Gasteiger partial charge in [0.05, 0.1) is 0 Å². The molecule has 4 bridgehead atoms. The molecule has 3 saturated heterocycles. The number of rotatable bonds is 2. The van der Waals surface area contributed by atoms with Crippen molar-refractivity contribution in [3.63, 3.8) is 0 Å². The number of anilines is 1. The molecule has 2 aromatic carbocycles. The topological polar surface area (TPSA) is 32.3 Å². The van der Waals surface area contributed by atoms with Gasteiger partial charge in [-0.25, -0.2) is 0 Å². The number of hydrogen-bond donors (Lipinski definition) is 1. The fourth-order valence-electron chi connectivity index (χ4n) is 5.15. The number of benzene rings is 2. The number of hydrogen-bond acceptors (Lipinski definition) is 2. The third-order valence-electron chi connectivity index (χ3n) is 6.08. The van der Waals surface area contributed by atoms with Crippen molar-refractivity contribution in [2.75, 3.05) is 25.0 Å². The number of piperidine rings is 3. The molecule has 0 radical (unpaired) electrons. The summed E-state index contributed by atoms with van der Waals surface area (Å²) < 4.78 is 0. The lowest BCUT2D eigenvalue weighted by atomic mass is 9.65. The second-order valence-corrected chi connectivity index (χ2v) is 8.13. The van der Waals surface area contributed by atoms with E-state index in [1.165, 1.54) is 25.0 Å². The van der Waals surface area contributed by atoms with Crippen LogP contribution >= 0.6 is 11.6 Å². The first-order valence-corrected chi connectivity index (χ1v) is 9.47. The number of carbonyl (C=O) groups is 1. The molecule has 2 atom stereocenters. The Labute approximate surface area is 152 Å². The van der Waals surface area contributed by atoms with Crippen molar-refractivity contribution < 1.29 is 4.79 Å². The highest BCUT2D eigenvalue weighted by molar-refractivity contribution is 6.36. The van der Waals surface area contributed by atoms with Crippen LogP contribution < -0.4 is 5.32 Å². The highest BCUT2D eigenvalue weighted by Crippen LogP contribution is 2.46. The Kier molecular flexibility index (Phi) is 3.61. The maximum Gasteiger partial charge on any atom is 0.248 e. The van der Waals surface area contributed by atoms with Crippen LogP contribution in [0.25, 0.3) is 10.8 Å². The van der Waals surface area contributed by atoms with Gasteiger partial charge in [0, 0.05) is 47.2 Å². The van der Waals surface area contributed by atoms with Gasteiger partial charge in [-0.05, 0) is 42.7 Å². The van der Waals surface area contributed by atoms with E-state index in [0.29, 0.717) is 16.9 Å². The standard InChI is InChI=1S/C21H21ClN2O/c22-19-5-6-20(17-4-2-1-3-16(17)19)23-21(25)9-18-14-7-13-8-15(18)12-24(10-13)11-14/h1-6,9,13-15H,7-8,10-12H2,(H,23,25). The van der Waals surface area contributed by atoms with Crippen molar-refractivity contribution in [1.82, 2.24) is 4.90 Å². The molecule has 1 N–H and O–H groups in total. The lowest BCUT2D eigenvalue weighted by molar-refractivity contribution is -0.112. The third-order valence-corrected chi connectivity index (χ3v) is 6.41. The van der Waals surface area contributed by atoms with Crippen LogP contribution in [0.1, 0.15) is 12.8 Å². The molecule has 3 heterocycles. The summed E-state index contributed by atoms with van der Waals surface area (Å²) in [6.07, 6.45) is 4.41. The van der Waals surface area contributed by atoms with Gasteiger partial charge in [-0.3, -0.25) is 4.79 Å². The zero-order chi connectivity index (χ0) is 17.0. The van der Waals surface area contributed by atoms with E-state index in [1.54, 1.807) is 0 Å². The minimum Gasteiger partial charge on any atom is -0.322 e. The highest BCUT2D eigenvalue weighted by atomic mass is 35.5. The van der Waals surface area contributed by atoms with E-state index in [2.05, 4.69) is 10.2 Å². The van der Waals surface area contributed by atoms with Crippen LogP contribution in [0.15, 0.2) is 48.0 Å². The van der Waals surface area contributed by atoms with Crippen LogP contribution in [-0.2, 0) is 4.79 Å². The van der Waals surface area contributed by atoms with Gasteiger partial charge in [0.2, 0.25) is 5.91 Å². The van der Waals surface area contributed by atoms with Gasteiger partial charge in [-0.1, -0.05) is 41.4 Å². The van der Waals surface area contributed by atoms with Crippen molar-refractivity contribution in [3.8, 4) is 0 Å². The molecule has 1 aliphatic carbocycles. The fourth-order valence-corrected chi connectivity index (χ4v) is 5.38. The van der Waals surface area contributed by atoms with Gasteiger partial charge < -0.3 is 10.2 Å². The second-order valence-electron chi connectivity index (χ2n) is 7.72. The molecule has 1 amide bonds. The molecule has 6 rings (SSSR count). The van der Waals surface area contributed by atoms with E-state index in [4.69, 9.17) is 11.6 Å². The van der Waals surface area contributed by atoms with Gasteiger partial charge in [0.25, 0.3) is 0 Å². The molecule has 4 heteroatoms. The summed E-state index contributed by atoms with van der Waals surface area (Å²) in [5.74, 6) is 2.00. The van der Waals surface area contributed by atoms with Crippen LogP contribution in [0.3, 0.4) is 0 Å². The van der Waals surface area contributed by atoms with E-state index >= 15 is 0 Å². The van der Waals surface area contributed by atoms with E-state index in [-0.39, 0.29) is 5.91 Å². The molecule has 0 spiro atoms. The number of nitrogens with one attached hydrogen (secondary N) is 1. The molecule has 128 valence electrons. The summed E-state index contributed by atoms with van der Waals surface area (Å²) >= 11 is 6.27. The van der Waals surface area contributed by atoms with Crippen molar-refractivity contribution in [1.29, 1.82) is 0 Å². The predicted molar refractivity (Wildman–Crippen MR) is 102 cm³/mol. The molecule has 0 aromatic heterocycles. The number of nitrogens with zero attached hydrogens (tertiary/aromatic N) is 1. The minimum atomic E-state index is -0.00931. The number of fused-ring (bicyclic) bond motifs is 1. The summed E-state index contributed by atoms with van der Waals surface area (Å²) in [4.78, 5) is 15.3. The molecular formula is C21H21ClN2O. The number of carbonyl (C=O) groups excluding carboxylic acids is 1. The Bertz CT molecular complexity index is 859. The van der Waals surface area contributed by atoms with E-state index < -0.39 is 0 Å². The first-order valence-electron chi connectivity index (χ1n) is 9.09. The van der Waals surface area contributed by atoms with Crippen molar-refractivity contribution in [2.24, 2.45) is 17.8 Å². The lowest BCUT2D eigenvalue weighted by Crippen LogP contribution is -2.54. The Balaban J connectivity index is 1.42. The Hall–Kier alpha value is -1.84. The van der Waals surface area contributed by atoms with E-state index in [9.17, 15) is 4.79 Å².